The minimum Gasteiger partial charge on any atom is -0.0654 e. The fraction of sp³-hybridized carbons (Fsp3) is 1.00. The summed E-state index contributed by atoms with van der Waals surface area (Å²) in [6.07, 6.45) is 18.7. The minimum absolute atomic E-state index is 0.950. The molecule has 0 spiro atoms. The molecule has 0 aliphatic heterocycles. The van der Waals surface area contributed by atoms with Gasteiger partial charge in [0.25, 0.3) is 0 Å². The summed E-state index contributed by atoms with van der Waals surface area (Å²) in [5.74, 6) is 2.97. The molecule has 3 atom stereocenters. The minimum atomic E-state index is 0.950. The van der Waals surface area contributed by atoms with Gasteiger partial charge in [0.15, 0.2) is 0 Å². The molecular formula is C21H44. The van der Waals surface area contributed by atoms with E-state index in [0.717, 1.165) is 17.8 Å². The zero-order chi connectivity index (χ0) is 15.9. The average molecular weight is 297 g/mol. The van der Waals surface area contributed by atoms with Crippen molar-refractivity contribution in [2.24, 2.45) is 17.8 Å². The van der Waals surface area contributed by atoms with Crippen LogP contribution in [0.5, 0.6) is 0 Å². The van der Waals surface area contributed by atoms with Gasteiger partial charge in [0.05, 0.1) is 0 Å². The third kappa shape index (κ3) is 12.2. The zero-order valence-corrected chi connectivity index (χ0v) is 15.9. The van der Waals surface area contributed by atoms with Gasteiger partial charge in [-0.1, -0.05) is 118 Å². The molecule has 0 aromatic rings. The average Bonchev–Trinajstić information content (AvgIpc) is 2.46. The summed E-state index contributed by atoms with van der Waals surface area (Å²) in [5, 5.41) is 0. The fourth-order valence-electron chi connectivity index (χ4n) is 3.89. The highest BCUT2D eigenvalue weighted by molar-refractivity contribution is 4.64. The molecule has 0 aliphatic rings. The monoisotopic (exact) mass is 296 g/mol. The maximum atomic E-state index is 2.44. The number of hydrogen-bond acceptors (Lipinski definition) is 0. The van der Waals surface area contributed by atoms with Crippen LogP contribution in [0.25, 0.3) is 0 Å². The molecule has 0 aromatic carbocycles. The molecule has 0 saturated carbocycles. The van der Waals surface area contributed by atoms with Crippen LogP contribution in [-0.2, 0) is 0 Å². The molecule has 0 aromatic heterocycles. The van der Waals surface area contributed by atoms with Crippen LogP contribution in [-0.4, -0.2) is 0 Å². The van der Waals surface area contributed by atoms with Gasteiger partial charge >= 0.3 is 0 Å². The number of hydrogen-bond donors (Lipinski definition) is 0. The highest BCUT2D eigenvalue weighted by Gasteiger charge is 2.11. The van der Waals surface area contributed by atoms with E-state index in [1.807, 2.05) is 0 Å². The van der Waals surface area contributed by atoms with Gasteiger partial charge in [-0.3, -0.25) is 0 Å². The van der Waals surface area contributed by atoms with Gasteiger partial charge in [-0.2, -0.15) is 0 Å². The van der Waals surface area contributed by atoms with Gasteiger partial charge in [-0.15, -0.1) is 0 Å². The second-order valence-corrected chi connectivity index (χ2v) is 7.47. The van der Waals surface area contributed by atoms with E-state index in [1.165, 1.54) is 83.5 Å². The number of rotatable bonds is 15. The summed E-state index contributed by atoms with van der Waals surface area (Å²) in [6.45, 7) is 11.8. The Morgan fingerprint density at radius 2 is 1.00 bits per heavy atom. The molecule has 0 aliphatic carbocycles. The Bertz CT molecular complexity index is 196. The van der Waals surface area contributed by atoms with Crippen molar-refractivity contribution in [3.8, 4) is 0 Å². The molecular weight excluding hydrogens is 252 g/mol. The second-order valence-electron chi connectivity index (χ2n) is 7.47. The van der Waals surface area contributed by atoms with Crippen molar-refractivity contribution in [3.63, 3.8) is 0 Å². The second kappa shape index (κ2) is 14.9. The predicted octanol–water partition coefficient (Wildman–Crippen LogP) is 8.01. The standard InChI is InChI=1S/C21H44/c1-6-12-19(5)15-10-17-21(14-8-3)18-11-16-20(9-4)13-7-2/h19-21H,6-18H2,1-5H3. The Morgan fingerprint density at radius 3 is 1.52 bits per heavy atom. The Labute approximate surface area is 136 Å². The molecule has 0 heteroatoms. The summed E-state index contributed by atoms with van der Waals surface area (Å²) >= 11 is 0. The lowest BCUT2D eigenvalue weighted by Crippen LogP contribution is -2.05. The molecule has 0 nitrogen and oxygen atoms in total. The molecule has 0 amide bonds. The van der Waals surface area contributed by atoms with Gasteiger partial charge in [0, 0.05) is 0 Å². The summed E-state index contributed by atoms with van der Waals surface area (Å²) in [6, 6.07) is 0. The molecule has 0 bridgehead atoms. The summed E-state index contributed by atoms with van der Waals surface area (Å²) in [4.78, 5) is 0. The van der Waals surface area contributed by atoms with Crippen LogP contribution >= 0.6 is 0 Å². The lowest BCUT2D eigenvalue weighted by molar-refractivity contribution is 0.337. The van der Waals surface area contributed by atoms with Crippen molar-refractivity contribution >= 4 is 0 Å². The van der Waals surface area contributed by atoms with Crippen LogP contribution in [0.4, 0.5) is 0 Å². The zero-order valence-electron chi connectivity index (χ0n) is 15.9. The maximum Gasteiger partial charge on any atom is -0.0414 e. The lowest BCUT2D eigenvalue weighted by Gasteiger charge is -2.19. The van der Waals surface area contributed by atoms with E-state index in [-0.39, 0.29) is 0 Å². The highest BCUT2D eigenvalue weighted by atomic mass is 14.2. The third-order valence-electron chi connectivity index (χ3n) is 5.29. The smallest absolute Gasteiger partial charge is 0.0414 e. The van der Waals surface area contributed by atoms with E-state index in [2.05, 4.69) is 34.6 Å². The maximum absolute atomic E-state index is 2.44. The summed E-state index contributed by atoms with van der Waals surface area (Å²) < 4.78 is 0. The van der Waals surface area contributed by atoms with Crippen molar-refractivity contribution in [1.29, 1.82) is 0 Å². The van der Waals surface area contributed by atoms with E-state index < -0.39 is 0 Å². The van der Waals surface area contributed by atoms with Crippen molar-refractivity contribution in [1.82, 2.24) is 0 Å². The first-order valence-corrected chi connectivity index (χ1v) is 10.2. The van der Waals surface area contributed by atoms with Crippen LogP contribution in [0.2, 0.25) is 0 Å². The fourth-order valence-corrected chi connectivity index (χ4v) is 3.89. The molecule has 0 fully saturated rings. The molecule has 0 N–H and O–H groups in total. The molecule has 21 heavy (non-hydrogen) atoms. The van der Waals surface area contributed by atoms with Crippen molar-refractivity contribution < 1.29 is 0 Å². The molecule has 0 rings (SSSR count). The molecule has 3 unspecified atom stereocenters. The van der Waals surface area contributed by atoms with Crippen LogP contribution in [0.1, 0.15) is 118 Å². The Hall–Kier alpha value is 0. The molecule has 0 radical (unpaired) electrons. The lowest BCUT2D eigenvalue weighted by atomic mass is 9.87. The van der Waals surface area contributed by atoms with Crippen LogP contribution in [0.15, 0.2) is 0 Å². The van der Waals surface area contributed by atoms with Crippen molar-refractivity contribution in [2.45, 2.75) is 118 Å². The van der Waals surface area contributed by atoms with Crippen LogP contribution < -0.4 is 0 Å². The molecule has 0 heterocycles. The van der Waals surface area contributed by atoms with Crippen LogP contribution in [0.3, 0.4) is 0 Å². The SMILES string of the molecule is CCCC(C)CCCC(CCC)CCCC(CC)CCC. The summed E-state index contributed by atoms with van der Waals surface area (Å²) in [7, 11) is 0. The normalized spacial score (nSPS) is 15.9. The van der Waals surface area contributed by atoms with Crippen molar-refractivity contribution in [2.75, 3.05) is 0 Å². The Morgan fingerprint density at radius 1 is 0.524 bits per heavy atom. The quantitative estimate of drug-likeness (QED) is 0.287. The largest absolute Gasteiger partial charge is 0.0654 e. The van der Waals surface area contributed by atoms with Crippen molar-refractivity contribution in [3.05, 3.63) is 0 Å². The first kappa shape index (κ1) is 21.0. The van der Waals surface area contributed by atoms with Gasteiger partial charge in [-0.25, -0.2) is 0 Å². The topological polar surface area (TPSA) is 0 Å². The van der Waals surface area contributed by atoms with Gasteiger partial charge in [-0.05, 0) is 17.8 Å². The van der Waals surface area contributed by atoms with E-state index in [1.54, 1.807) is 0 Å². The van der Waals surface area contributed by atoms with E-state index in [9.17, 15) is 0 Å². The first-order chi connectivity index (χ1) is 10.2. The van der Waals surface area contributed by atoms with E-state index in [4.69, 9.17) is 0 Å². The third-order valence-corrected chi connectivity index (χ3v) is 5.29. The van der Waals surface area contributed by atoms with Gasteiger partial charge in [0.2, 0.25) is 0 Å². The predicted molar refractivity (Wildman–Crippen MR) is 98.9 cm³/mol. The van der Waals surface area contributed by atoms with Gasteiger partial charge < -0.3 is 0 Å². The first-order valence-electron chi connectivity index (χ1n) is 10.2. The Balaban J connectivity index is 3.85. The van der Waals surface area contributed by atoms with Gasteiger partial charge in [0.1, 0.15) is 0 Å². The van der Waals surface area contributed by atoms with E-state index >= 15 is 0 Å². The molecule has 128 valence electrons. The highest BCUT2D eigenvalue weighted by Crippen LogP contribution is 2.26. The molecule has 0 saturated heterocycles. The summed E-state index contributed by atoms with van der Waals surface area (Å²) in [5.41, 5.74) is 0. The van der Waals surface area contributed by atoms with Crippen LogP contribution in [0, 0.1) is 17.8 Å². The van der Waals surface area contributed by atoms with E-state index in [0.29, 0.717) is 0 Å². The Kier molecular flexibility index (Phi) is 14.9.